The van der Waals surface area contributed by atoms with E-state index in [1.54, 1.807) is 19.1 Å². The van der Waals surface area contributed by atoms with Gasteiger partial charge in [-0.2, -0.15) is 4.21 Å². The summed E-state index contributed by atoms with van der Waals surface area (Å²) in [6, 6.07) is 4.64. The van der Waals surface area contributed by atoms with E-state index in [4.69, 9.17) is 15.0 Å². The maximum Gasteiger partial charge on any atom is 0.357 e. The van der Waals surface area contributed by atoms with Crippen molar-refractivity contribution in [2.75, 3.05) is 12.3 Å². The molecule has 5 nitrogen and oxygen atoms in total. The molecule has 0 fully saturated rings. The van der Waals surface area contributed by atoms with E-state index in [-0.39, 0.29) is 5.75 Å². The fraction of sp³-hybridized carbons (Fsp3) is 0.250. The van der Waals surface area contributed by atoms with Crippen LogP contribution in [0.25, 0.3) is 0 Å². The lowest BCUT2D eigenvalue weighted by molar-refractivity contribution is 0.326. The lowest BCUT2D eigenvalue weighted by Gasteiger charge is -2.08. The van der Waals surface area contributed by atoms with E-state index in [0.29, 0.717) is 18.0 Å². The van der Waals surface area contributed by atoms with Crippen LogP contribution in [0.5, 0.6) is 11.5 Å². The quantitative estimate of drug-likeness (QED) is 0.584. The highest BCUT2D eigenvalue weighted by molar-refractivity contribution is 7.74. The van der Waals surface area contributed by atoms with Gasteiger partial charge in [0.15, 0.2) is 11.5 Å². The minimum absolute atomic E-state index is 0.160. The van der Waals surface area contributed by atoms with E-state index >= 15 is 0 Å². The first-order valence-corrected chi connectivity index (χ1v) is 4.98. The summed E-state index contributed by atoms with van der Waals surface area (Å²) < 4.78 is 28.7. The lowest BCUT2D eigenvalue weighted by atomic mass is 10.3. The van der Waals surface area contributed by atoms with Crippen LogP contribution in [-0.4, -0.2) is 15.4 Å². The maximum absolute atomic E-state index is 10.4. The van der Waals surface area contributed by atoms with Gasteiger partial charge in [0.25, 0.3) is 0 Å². The summed E-state index contributed by atoms with van der Waals surface area (Å²) in [7, 11) is 0. The summed E-state index contributed by atoms with van der Waals surface area (Å²) in [6.45, 7) is 2.24. The molecule has 1 rings (SSSR count). The van der Waals surface area contributed by atoms with Crippen molar-refractivity contribution in [1.29, 1.82) is 0 Å². The van der Waals surface area contributed by atoms with Crippen molar-refractivity contribution >= 4 is 17.0 Å². The molecular formula is C8H11NO4S. The second kappa shape index (κ2) is 4.83. The fourth-order valence-corrected chi connectivity index (χ4v) is 1.23. The zero-order valence-electron chi connectivity index (χ0n) is 7.60. The molecule has 0 aromatic heterocycles. The van der Waals surface area contributed by atoms with Crippen molar-refractivity contribution in [1.82, 2.24) is 0 Å². The highest BCUT2D eigenvalue weighted by Gasteiger charge is 2.07. The second-order valence-electron chi connectivity index (χ2n) is 2.44. The van der Waals surface area contributed by atoms with Gasteiger partial charge in [-0.3, -0.25) is 4.55 Å². The Morgan fingerprint density at radius 2 is 2.21 bits per heavy atom. The van der Waals surface area contributed by atoms with Crippen molar-refractivity contribution in [3.63, 3.8) is 0 Å². The molecule has 0 bridgehead atoms. The van der Waals surface area contributed by atoms with E-state index in [1.165, 1.54) is 6.07 Å². The Kier molecular flexibility index (Phi) is 3.73. The first kappa shape index (κ1) is 10.8. The maximum atomic E-state index is 10.4. The molecule has 78 valence electrons. The van der Waals surface area contributed by atoms with Crippen molar-refractivity contribution in [3.8, 4) is 11.5 Å². The number of rotatable bonds is 4. The Labute approximate surface area is 84.3 Å². The SMILES string of the molecule is CCOc1ccc(N)cc1OS(=O)O. The number of benzene rings is 1. The van der Waals surface area contributed by atoms with Crippen LogP contribution < -0.4 is 14.7 Å². The van der Waals surface area contributed by atoms with Gasteiger partial charge in [0.2, 0.25) is 0 Å². The van der Waals surface area contributed by atoms with E-state index in [2.05, 4.69) is 4.18 Å². The zero-order valence-corrected chi connectivity index (χ0v) is 8.41. The van der Waals surface area contributed by atoms with Crippen LogP contribution in [-0.2, 0) is 11.4 Å². The molecule has 14 heavy (non-hydrogen) atoms. The number of ether oxygens (including phenoxy) is 1. The van der Waals surface area contributed by atoms with E-state index in [0.717, 1.165) is 0 Å². The van der Waals surface area contributed by atoms with Crippen LogP contribution in [0.15, 0.2) is 18.2 Å². The predicted octanol–water partition coefficient (Wildman–Crippen LogP) is 1.18. The molecule has 1 atom stereocenters. The Morgan fingerprint density at radius 3 is 2.79 bits per heavy atom. The van der Waals surface area contributed by atoms with Crippen LogP contribution in [0.3, 0.4) is 0 Å². The van der Waals surface area contributed by atoms with Crippen LogP contribution in [0.4, 0.5) is 5.69 Å². The van der Waals surface area contributed by atoms with Gasteiger partial charge in [-0.1, -0.05) is 0 Å². The van der Waals surface area contributed by atoms with Crippen LogP contribution in [0.2, 0.25) is 0 Å². The Morgan fingerprint density at radius 1 is 1.50 bits per heavy atom. The number of nitrogen functional groups attached to an aromatic ring is 1. The van der Waals surface area contributed by atoms with Gasteiger partial charge in [0, 0.05) is 11.8 Å². The summed E-state index contributed by atoms with van der Waals surface area (Å²) in [6.07, 6.45) is 0. The van der Waals surface area contributed by atoms with Crippen molar-refractivity contribution < 1.29 is 17.7 Å². The molecule has 0 aliphatic rings. The molecule has 0 spiro atoms. The molecule has 3 N–H and O–H groups in total. The van der Waals surface area contributed by atoms with Crippen molar-refractivity contribution in [2.45, 2.75) is 6.92 Å². The Balaban J connectivity index is 2.96. The van der Waals surface area contributed by atoms with Gasteiger partial charge in [-0.05, 0) is 19.1 Å². The summed E-state index contributed by atoms with van der Waals surface area (Å²) in [5, 5.41) is 0. The molecule has 1 aromatic carbocycles. The van der Waals surface area contributed by atoms with E-state index in [1.807, 2.05) is 0 Å². The molecule has 0 saturated heterocycles. The van der Waals surface area contributed by atoms with Gasteiger partial charge in [0.05, 0.1) is 6.61 Å². The predicted molar refractivity (Wildman–Crippen MR) is 53.4 cm³/mol. The molecule has 0 radical (unpaired) electrons. The molecular weight excluding hydrogens is 206 g/mol. The highest BCUT2D eigenvalue weighted by Crippen LogP contribution is 2.29. The molecule has 0 amide bonds. The molecule has 6 heteroatoms. The largest absolute Gasteiger partial charge is 0.490 e. The number of anilines is 1. The first-order chi connectivity index (χ1) is 6.63. The van der Waals surface area contributed by atoms with Crippen LogP contribution in [0.1, 0.15) is 6.92 Å². The van der Waals surface area contributed by atoms with Gasteiger partial charge < -0.3 is 14.7 Å². The number of hydrogen-bond acceptors (Lipinski definition) is 4. The van der Waals surface area contributed by atoms with E-state index < -0.39 is 11.4 Å². The monoisotopic (exact) mass is 217 g/mol. The lowest BCUT2D eigenvalue weighted by Crippen LogP contribution is -2.02. The minimum Gasteiger partial charge on any atom is -0.490 e. The molecule has 0 aliphatic carbocycles. The normalized spacial score (nSPS) is 12.1. The molecule has 1 aromatic rings. The average Bonchev–Trinajstić information content (AvgIpc) is 2.09. The Hall–Kier alpha value is -1.27. The molecule has 0 heterocycles. The number of nitrogens with two attached hydrogens (primary N) is 1. The van der Waals surface area contributed by atoms with E-state index in [9.17, 15) is 4.21 Å². The molecule has 1 unspecified atom stereocenters. The zero-order chi connectivity index (χ0) is 10.6. The molecule has 0 saturated carbocycles. The second-order valence-corrected chi connectivity index (χ2v) is 3.04. The first-order valence-electron chi connectivity index (χ1n) is 3.95. The van der Waals surface area contributed by atoms with Crippen molar-refractivity contribution in [2.24, 2.45) is 0 Å². The minimum atomic E-state index is -2.37. The van der Waals surface area contributed by atoms with Gasteiger partial charge >= 0.3 is 11.4 Å². The number of hydrogen-bond donors (Lipinski definition) is 2. The van der Waals surface area contributed by atoms with Gasteiger partial charge in [0.1, 0.15) is 0 Å². The molecule has 0 aliphatic heterocycles. The van der Waals surface area contributed by atoms with Gasteiger partial charge in [-0.15, -0.1) is 0 Å². The third-order valence-corrected chi connectivity index (χ3v) is 1.75. The average molecular weight is 217 g/mol. The summed E-state index contributed by atoms with van der Waals surface area (Å²) in [5.74, 6) is 0.553. The van der Waals surface area contributed by atoms with Gasteiger partial charge in [-0.25, -0.2) is 0 Å². The fourth-order valence-electron chi connectivity index (χ4n) is 0.941. The third kappa shape index (κ3) is 2.90. The summed E-state index contributed by atoms with van der Waals surface area (Å²) >= 11 is -2.37. The standard InChI is InChI=1S/C8H11NO4S/c1-2-12-7-4-3-6(9)5-8(7)13-14(10)11/h3-5H,2,9H2,1H3,(H,10,11). The topological polar surface area (TPSA) is 81.8 Å². The Bertz CT molecular complexity index is 342. The summed E-state index contributed by atoms with van der Waals surface area (Å²) in [4.78, 5) is 0. The van der Waals surface area contributed by atoms with Crippen LogP contribution in [0, 0.1) is 0 Å². The third-order valence-electron chi connectivity index (χ3n) is 1.43. The smallest absolute Gasteiger partial charge is 0.357 e. The summed E-state index contributed by atoms with van der Waals surface area (Å²) in [5.41, 5.74) is 5.92. The van der Waals surface area contributed by atoms with Crippen LogP contribution >= 0.6 is 0 Å². The highest BCUT2D eigenvalue weighted by atomic mass is 32.2. The van der Waals surface area contributed by atoms with Crippen molar-refractivity contribution in [3.05, 3.63) is 18.2 Å².